The van der Waals surface area contributed by atoms with Crippen molar-refractivity contribution in [3.05, 3.63) is 82.7 Å². The molecule has 1 fully saturated rings. The van der Waals surface area contributed by atoms with E-state index in [2.05, 4.69) is 17.1 Å². The van der Waals surface area contributed by atoms with Gasteiger partial charge in [-0.15, -0.1) is 0 Å². The highest BCUT2D eigenvalue weighted by Gasteiger charge is 2.32. The first-order chi connectivity index (χ1) is 17.3. The molecule has 5 rings (SSSR count). The highest BCUT2D eigenvalue weighted by Crippen LogP contribution is 2.44. The number of carbonyl (C=O) groups is 1. The summed E-state index contributed by atoms with van der Waals surface area (Å²) in [6.45, 7) is 0.345. The lowest BCUT2D eigenvalue weighted by Crippen LogP contribution is -2.18. The maximum absolute atomic E-state index is 12.9. The van der Waals surface area contributed by atoms with Gasteiger partial charge in [0.2, 0.25) is 0 Å². The number of carboxylic acids is 1. The monoisotopic (exact) mass is 496 g/mol. The van der Waals surface area contributed by atoms with Crippen molar-refractivity contribution in [3.8, 4) is 11.4 Å². The van der Waals surface area contributed by atoms with E-state index in [-0.39, 0.29) is 18.4 Å². The first kappa shape index (κ1) is 24.4. The lowest BCUT2D eigenvalue weighted by Gasteiger charge is -2.31. The Hall–Kier alpha value is -3.26. The maximum Gasteiger partial charge on any atom is 0.416 e. The molecule has 2 unspecified atom stereocenters. The maximum atomic E-state index is 12.9. The third-order valence-corrected chi connectivity index (χ3v) is 7.04. The van der Waals surface area contributed by atoms with Crippen LogP contribution in [0.1, 0.15) is 84.4 Å². The predicted octanol–water partition coefficient (Wildman–Crippen LogP) is 7.04. The highest BCUT2D eigenvalue weighted by molar-refractivity contribution is 5.66. The second-order valence-electron chi connectivity index (χ2n) is 9.59. The number of aliphatic carboxylic acids is 1. The molecule has 2 aliphatic carbocycles. The molecule has 36 heavy (non-hydrogen) atoms. The molecule has 0 aliphatic heterocycles. The van der Waals surface area contributed by atoms with Crippen LogP contribution in [0.2, 0.25) is 0 Å². The number of benzene rings is 2. The van der Waals surface area contributed by atoms with E-state index in [0.717, 1.165) is 60.2 Å². The lowest BCUT2D eigenvalue weighted by atomic mass is 9.79. The van der Waals surface area contributed by atoms with Gasteiger partial charge in [-0.05, 0) is 61.3 Å². The molecule has 8 heteroatoms. The molecule has 2 aliphatic rings. The number of halogens is 3. The van der Waals surface area contributed by atoms with E-state index in [1.54, 1.807) is 6.20 Å². The summed E-state index contributed by atoms with van der Waals surface area (Å²) in [6.07, 6.45) is 1.75. The van der Waals surface area contributed by atoms with E-state index < -0.39 is 17.7 Å². The molecular weight excluding hydrogens is 469 g/mol. The van der Waals surface area contributed by atoms with Gasteiger partial charge in [0.15, 0.2) is 5.82 Å². The fourth-order valence-corrected chi connectivity index (χ4v) is 4.99. The fraction of sp³-hybridized carbons (Fsp3) is 0.393. The number of alkyl halides is 3. The van der Waals surface area contributed by atoms with Crippen LogP contribution in [0, 0.1) is 0 Å². The van der Waals surface area contributed by atoms with E-state index in [1.807, 2.05) is 12.1 Å². The number of hydrogen-bond donors (Lipinski definition) is 1. The number of hydrogen-bond acceptors (Lipinski definition) is 4. The van der Waals surface area contributed by atoms with Crippen LogP contribution in [0.3, 0.4) is 0 Å². The molecule has 188 valence electrons. The summed E-state index contributed by atoms with van der Waals surface area (Å²) >= 11 is 0. The van der Waals surface area contributed by atoms with Gasteiger partial charge in [0.25, 0.3) is 0 Å². The van der Waals surface area contributed by atoms with Crippen molar-refractivity contribution in [3.63, 3.8) is 0 Å². The molecule has 0 radical (unpaired) electrons. The Bertz CT molecular complexity index is 1240. The molecule has 1 N–H and O–H groups in total. The van der Waals surface area contributed by atoms with Gasteiger partial charge in [-0.2, -0.15) is 13.2 Å². The average molecular weight is 497 g/mol. The number of carboxylic acid groups (broad SMARTS) is 1. The minimum Gasteiger partial charge on any atom is -0.481 e. The number of nitrogens with zero attached hydrogens (tertiary/aromatic N) is 2. The zero-order valence-corrected chi connectivity index (χ0v) is 19.7. The quantitative estimate of drug-likeness (QED) is 0.362. The fourth-order valence-electron chi connectivity index (χ4n) is 4.99. The number of ether oxygens (including phenoxy) is 1. The molecule has 0 amide bonds. The van der Waals surface area contributed by atoms with E-state index in [9.17, 15) is 18.0 Å². The van der Waals surface area contributed by atoms with Crippen molar-refractivity contribution in [1.82, 2.24) is 9.97 Å². The first-order valence-corrected chi connectivity index (χ1v) is 12.2. The van der Waals surface area contributed by atoms with Crippen molar-refractivity contribution >= 4 is 5.97 Å². The van der Waals surface area contributed by atoms with E-state index in [0.29, 0.717) is 30.3 Å². The summed E-state index contributed by atoms with van der Waals surface area (Å²) in [6, 6.07) is 13.0. The van der Waals surface area contributed by atoms with Crippen LogP contribution in [0.25, 0.3) is 11.4 Å². The number of aromatic nitrogens is 2. The average Bonchev–Trinajstić information content (AvgIpc) is 3.71. The van der Waals surface area contributed by atoms with Gasteiger partial charge < -0.3 is 9.84 Å². The van der Waals surface area contributed by atoms with Crippen molar-refractivity contribution in [2.45, 2.75) is 69.2 Å². The van der Waals surface area contributed by atoms with Crippen LogP contribution in [-0.4, -0.2) is 21.0 Å². The molecule has 3 aromatic rings. The molecule has 2 atom stereocenters. The summed E-state index contributed by atoms with van der Waals surface area (Å²) in [5, 5.41) is 9.09. The van der Waals surface area contributed by atoms with E-state index in [1.165, 1.54) is 12.1 Å². The SMILES string of the molecule is O=C(O)CCC1CCC(OCc2cnc(-c3ccc(C(F)(F)F)cc3)nc2C2CC2)c2ccccc21. The zero-order chi connectivity index (χ0) is 25.3. The standard InChI is InChI=1S/C28H27F3N2O3/c29-28(30,31)21-11-7-19(8-12-21)27-32-15-20(26(33-27)18-5-6-18)16-36-24-13-9-17(10-14-25(34)35)22-3-1-2-4-23(22)24/h1-4,7-8,11-12,15,17-18,24H,5-6,9-10,13-14,16H2,(H,34,35). The minimum atomic E-state index is -4.38. The highest BCUT2D eigenvalue weighted by atomic mass is 19.4. The minimum absolute atomic E-state index is 0.0936. The summed E-state index contributed by atoms with van der Waals surface area (Å²) in [5.41, 5.74) is 3.92. The topological polar surface area (TPSA) is 72.3 Å². The predicted molar refractivity (Wildman–Crippen MR) is 127 cm³/mol. The van der Waals surface area contributed by atoms with E-state index >= 15 is 0 Å². The third-order valence-electron chi connectivity index (χ3n) is 7.04. The summed E-state index contributed by atoms with van der Waals surface area (Å²) < 4.78 is 45.1. The Kier molecular flexibility index (Phi) is 6.79. The van der Waals surface area contributed by atoms with Crippen LogP contribution in [0.4, 0.5) is 13.2 Å². The van der Waals surface area contributed by atoms with Gasteiger partial charge in [0.05, 0.1) is 24.0 Å². The molecule has 1 saturated carbocycles. The van der Waals surface area contributed by atoms with Crippen LogP contribution >= 0.6 is 0 Å². The van der Waals surface area contributed by atoms with E-state index in [4.69, 9.17) is 14.8 Å². The largest absolute Gasteiger partial charge is 0.481 e. The van der Waals surface area contributed by atoms with Crippen molar-refractivity contribution in [1.29, 1.82) is 0 Å². The number of rotatable bonds is 8. The molecule has 0 saturated heterocycles. The second-order valence-corrected chi connectivity index (χ2v) is 9.59. The smallest absolute Gasteiger partial charge is 0.416 e. The third kappa shape index (κ3) is 5.43. The summed E-state index contributed by atoms with van der Waals surface area (Å²) in [5.74, 6) is 0.168. The van der Waals surface area contributed by atoms with Crippen LogP contribution < -0.4 is 0 Å². The Morgan fingerprint density at radius 3 is 2.39 bits per heavy atom. The summed E-state index contributed by atoms with van der Waals surface area (Å²) in [7, 11) is 0. The van der Waals surface area contributed by atoms with Gasteiger partial charge in [0, 0.05) is 29.7 Å². The lowest BCUT2D eigenvalue weighted by molar-refractivity contribution is -0.138. The zero-order valence-electron chi connectivity index (χ0n) is 19.7. The van der Waals surface area contributed by atoms with Crippen LogP contribution in [0.15, 0.2) is 54.7 Å². The summed E-state index contributed by atoms with van der Waals surface area (Å²) in [4.78, 5) is 20.2. The second kappa shape index (κ2) is 10.0. The Morgan fingerprint density at radius 2 is 1.72 bits per heavy atom. The molecule has 0 spiro atoms. The van der Waals surface area contributed by atoms with Crippen molar-refractivity contribution in [2.75, 3.05) is 0 Å². The van der Waals surface area contributed by atoms with Gasteiger partial charge in [-0.25, -0.2) is 9.97 Å². The number of fused-ring (bicyclic) bond motifs is 1. The normalized spacial score (nSPS) is 19.6. The van der Waals surface area contributed by atoms with Gasteiger partial charge in [0.1, 0.15) is 0 Å². The molecule has 2 aromatic carbocycles. The van der Waals surface area contributed by atoms with Gasteiger partial charge in [-0.1, -0.05) is 36.4 Å². The Labute approximate surface area is 207 Å². The van der Waals surface area contributed by atoms with Gasteiger partial charge >= 0.3 is 12.1 Å². The molecule has 1 aromatic heterocycles. The molecule has 5 nitrogen and oxygen atoms in total. The van der Waals surface area contributed by atoms with Crippen molar-refractivity contribution < 1.29 is 27.8 Å². The Balaban J connectivity index is 1.32. The van der Waals surface area contributed by atoms with Crippen LogP contribution in [0.5, 0.6) is 0 Å². The molecule has 1 heterocycles. The van der Waals surface area contributed by atoms with Crippen molar-refractivity contribution in [2.24, 2.45) is 0 Å². The Morgan fingerprint density at radius 1 is 1.00 bits per heavy atom. The molecular formula is C28H27F3N2O3. The molecule has 0 bridgehead atoms. The first-order valence-electron chi connectivity index (χ1n) is 12.2. The van der Waals surface area contributed by atoms with Gasteiger partial charge in [-0.3, -0.25) is 4.79 Å². The van der Waals surface area contributed by atoms with Crippen LogP contribution in [-0.2, 0) is 22.3 Å².